The van der Waals surface area contributed by atoms with Gasteiger partial charge >= 0.3 is 0 Å². The Labute approximate surface area is 318 Å². The molecule has 0 radical (unpaired) electrons. The lowest BCUT2D eigenvalue weighted by atomic mass is 9.55. The molecule has 256 valence electrons. The maximum atomic E-state index is 4.28. The molecule has 0 saturated heterocycles. The van der Waals surface area contributed by atoms with E-state index in [0.717, 1.165) is 0 Å². The molecule has 0 aliphatic heterocycles. The highest BCUT2D eigenvalue weighted by molar-refractivity contribution is 5.94. The Morgan fingerprint density at radius 2 is 0.759 bits per heavy atom. The normalized spacial score (nSPS) is 14.1. The molecule has 0 amide bonds. The van der Waals surface area contributed by atoms with Crippen molar-refractivity contribution >= 4 is 6.08 Å². The van der Waals surface area contributed by atoms with E-state index >= 15 is 0 Å². The van der Waals surface area contributed by atoms with Gasteiger partial charge in [-0.3, -0.25) is 0 Å². The van der Waals surface area contributed by atoms with Crippen LogP contribution in [0.5, 0.6) is 0 Å². The molecule has 54 heavy (non-hydrogen) atoms. The van der Waals surface area contributed by atoms with E-state index in [9.17, 15) is 0 Å². The van der Waals surface area contributed by atoms with Gasteiger partial charge in [0, 0.05) is 5.41 Å². The Hall–Kier alpha value is -6.50. The van der Waals surface area contributed by atoms with Crippen molar-refractivity contribution in [2.75, 3.05) is 0 Å². The van der Waals surface area contributed by atoms with Crippen molar-refractivity contribution in [2.45, 2.75) is 24.7 Å². The first-order valence-electron chi connectivity index (χ1n) is 19.0. The molecule has 2 aliphatic carbocycles. The third kappa shape index (κ3) is 4.70. The molecule has 0 saturated carbocycles. The molecule has 1 spiro atoms. The molecule has 0 atom stereocenters. The van der Waals surface area contributed by atoms with Crippen molar-refractivity contribution in [1.29, 1.82) is 0 Å². The molecule has 0 aromatic heterocycles. The minimum Gasteiger partial charge on any atom is -0.0984 e. The molecular formula is C54H40. The Bertz CT molecular complexity index is 2680. The van der Waals surface area contributed by atoms with E-state index in [0.29, 0.717) is 0 Å². The molecular weight excluding hydrogens is 649 g/mol. The van der Waals surface area contributed by atoms with Crippen LogP contribution in [0.1, 0.15) is 52.8 Å². The highest BCUT2D eigenvalue weighted by atomic mass is 14.5. The Balaban J connectivity index is 1.04. The minimum atomic E-state index is -0.413. The van der Waals surface area contributed by atoms with Crippen molar-refractivity contribution in [2.24, 2.45) is 0 Å². The van der Waals surface area contributed by atoms with E-state index in [1.165, 1.54) is 94.6 Å². The molecule has 0 unspecified atom stereocenters. The molecule has 0 fully saturated rings. The zero-order chi connectivity index (χ0) is 36.4. The van der Waals surface area contributed by atoms with E-state index in [2.05, 4.69) is 208 Å². The van der Waals surface area contributed by atoms with Crippen LogP contribution in [-0.4, -0.2) is 0 Å². The van der Waals surface area contributed by atoms with Gasteiger partial charge in [0.15, 0.2) is 0 Å². The van der Waals surface area contributed by atoms with Crippen LogP contribution in [0.25, 0.3) is 61.7 Å². The van der Waals surface area contributed by atoms with Crippen LogP contribution in [0.2, 0.25) is 0 Å². The van der Waals surface area contributed by atoms with Gasteiger partial charge < -0.3 is 0 Å². The third-order valence-electron chi connectivity index (χ3n) is 12.2. The summed E-state index contributed by atoms with van der Waals surface area (Å²) in [6.07, 6.45) is 2.03. The van der Waals surface area contributed by atoms with Gasteiger partial charge in [-0.05, 0) is 107 Å². The Morgan fingerprint density at radius 1 is 0.352 bits per heavy atom. The molecule has 0 heterocycles. The van der Waals surface area contributed by atoms with E-state index in [-0.39, 0.29) is 5.41 Å². The van der Waals surface area contributed by atoms with E-state index in [4.69, 9.17) is 0 Å². The second-order valence-corrected chi connectivity index (χ2v) is 15.3. The number of hydrogen-bond acceptors (Lipinski definition) is 0. The topological polar surface area (TPSA) is 0 Å². The molecule has 8 aromatic rings. The second kappa shape index (κ2) is 12.3. The average molecular weight is 689 g/mol. The molecule has 0 bridgehead atoms. The SMILES string of the molecule is C=Cc1cccc2c1-c1cc(-c3ccc(-c4ccc(-c5cccc(-c6ccccc6)c5)cc4)cc3)ccc1C21c2ccccc2C(C)(C)c2ccccc21. The summed E-state index contributed by atoms with van der Waals surface area (Å²) >= 11 is 0. The van der Waals surface area contributed by atoms with Gasteiger partial charge in [0.25, 0.3) is 0 Å². The first-order valence-corrected chi connectivity index (χ1v) is 19.0. The minimum absolute atomic E-state index is 0.118. The Kier molecular flexibility index (Phi) is 7.32. The summed E-state index contributed by atoms with van der Waals surface area (Å²) in [5.74, 6) is 0. The van der Waals surface area contributed by atoms with Crippen molar-refractivity contribution in [3.63, 3.8) is 0 Å². The smallest absolute Gasteiger partial charge is 0.0719 e. The fourth-order valence-corrected chi connectivity index (χ4v) is 9.56. The van der Waals surface area contributed by atoms with Crippen molar-refractivity contribution < 1.29 is 0 Å². The number of fused-ring (bicyclic) bond motifs is 9. The lowest BCUT2D eigenvalue weighted by Crippen LogP contribution is -2.40. The average Bonchev–Trinajstić information content (AvgIpc) is 3.54. The maximum Gasteiger partial charge on any atom is 0.0719 e. The van der Waals surface area contributed by atoms with Crippen LogP contribution >= 0.6 is 0 Å². The van der Waals surface area contributed by atoms with Crippen molar-refractivity contribution in [3.05, 3.63) is 234 Å². The molecule has 0 N–H and O–H groups in total. The molecule has 8 aromatic carbocycles. The first-order chi connectivity index (χ1) is 26.5. The molecule has 2 aliphatic rings. The van der Waals surface area contributed by atoms with Gasteiger partial charge in [-0.15, -0.1) is 0 Å². The fraction of sp³-hybridized carbons (Fsp3) is 0.0741. The summed E-state index contributed by atoms with van der Waals surface area (Å²) in [5.41, 5.74) is 21.2. The van der Waals surface area contributed by atoms with E-state index < -0.39 is 5.41 Å². The van der Waals surface area contributed by atoms with Crippen LogP contribution in [0.3, 0.4) is 0 Å². The highest BCUT2D eigenvalue weighted by Crippen LogP contribution is 2.63. The maximum absolute atomic E-state index is 4.28. The number of benzene rings is 8. The zero-order valence-corrected chi connectivity index (χ0v) is 30.7. The van der Waals surface area contributed by atoms with Crippen LogP contribution in [0.4, 0.5) is 0 Å². The summed E-state index contributed by atoms with van der Waals surface area (Å²) in [7, 11) is 0. The van der Waals surface area contributed by atoms with Gasteiger partial charge in [-0.1, -0.05) is 202 Å². The summed E-state index contributed by atoms with van der Waals surface area (Å²) in [5, 5.41) is 0. The van der Waals surface area contributed by atoms with Crippen molar-refractivity contribution in [1.82, 2.24) is 0 Å². The lowest BCUT2D eigenvalue weighted by Gasteiger charge is -2.46. The third-order valence-corrected chi connectivity index (χ3v) is 12.2. The highest BCUT2D eigenvalue weighted by Gasteiger charge is 2.53. The quantitative estimate of drug-likeness (QED) is 0.169. The first kappa shape index (κ1) is 32.2. The predicted molar refractivity (Wildman–Crippen MR) is 228 cm³/mol. The summed E-state index contributed by atoms with van der Waals surface area (Å²) in [6, 6.07) is 69.6. The zero-order valence-electron chi connectivity index (χ0n) is 30.7. The lowest BCUT2D eigenvalue weighted by molar-refractivity contribution is 0.563. The fourth-order valence-electron chi connectivity index (χ4n) is 9.56. The molecule has 0 heteroatoms. The van der Waals surface area contributed by atoms with Crippen molar-refractivity contribution in [3.8, 4) is 55.6 Å². The summed E-state index contributed by atoms with van der Waals surface area (Å²) < 4.78 is 0. The number of hydrogen-bond donors (Lipinski definition) is 0. The van der Waals surface area contributed by atoms with E-state index in [1.54, 1.807) is 0 Å². The summed E-state index contributed by atoms with van der Waals surface area (Å²) in [6.45, 7) is 9.04. The van der Waals surface area contributed by atoms with Crippen LogP contribution < -0.4 is 0 Å². The molecule has 0 nitrogen and oxygen atoms in total. The van der Waals surface area contributed by atoms with Gasteiger partial charge in [0.2, 0.25) is 0 Å². The van der Waals surface area contributed by atoms with Crippen LogP contribution in [0.15, 0.2) is 195 Å². The molecule has 10 rings (SSSR count). The second-order valence-electron chi connectivity index (χ2n) is 15.3. The standard InChI is InChI=1S/C54H40/c1-4-36-16-13-23-51-52(36)45-35-44(32-33-46(45)54(51)49-21-10-8-19-47(49)53(2,3)48-20-9-11-22-50(48)54)41-30-26-39(27-31-41)38-24-28-40(29-25-38)43-18-12-17-42(34-43)37-14-6-5-7-15-37/h4-35H,1H2,2-3H3. The van der Waals surface area contributed by atoms with Gasteiger partial charge in [0.05, 0.1) is 5.41 Å². The van der Waals surface area contributed by atoms with Gasteiger partial charge in [-0.2, -0.15) is 0 Å². The monoisotopic (exact) mass is 688 g/mol. The predicted octanol–water partition coefficient (Wildman–Crippen LogP) is 14.0. The number of rotatable bonds is 5. The summed E-state index contributed by atoms with van der Waals surface area (Å²) in [4.78, 5) is 0. The van der Waals surface area contributed by atoms with Gasteiger partial charge in [-0.25, -0.2) is 0 Å². The van der Waals surface area contributed by atoms with Gasteiger partial charge in [0.1, 0.15) is 0 Å². The van der Waals surface area contributed by atoms with Crippen LogP contribution in [0, 0.1) is 0 Å². The van der Waals surface area contributed by atoms with Crippen LogP contribution in [-0.2, 0) is 10.8 Å². The van der Waals surface area contributed by atoms with E-state index in [1.807, 2.05) is 6.08 Å². The largest absolute Gasteiger partial charge is 0.0984 e. The Morgan fingerprint density at radius 3 is 1.31 bits per heavy atom.